The molecule has 4 heteroatoms. The Kier molecular flexibility index (Phi) is 2.15. The van der Waals surface area contributed by atoms with Crippen LogP contribution < -0.4 is 4.74 Å². The van der Waals surface area contributed by atoms with Crippen molar-refractivity contribution in [2.45, 2.75) is 12.5 Å². The zero-order valence-electron chi connectivity index (χ0n) is 7.72. The summed E-state index contributed by atoms with van der Waals surface area (Å²) >= 11 is 0. The lowest BCUT2D eigenvalue weighted by atomic mass is 10.2. The largest absolute Gasteiger partial charge is 0.487 e. The Balaban J connectivity index is 2.05. The van der Waals surface area contributed by atoms with Crippen LogP contribution in [0.1, 0.15) is 6.92 Å². The first-order valence-corrected chi connectivity index (χ1v) is 4.31. The zero-order valence-corrected chi connectivity index (χ0v) is 7.72. The van der Waals surface area contributed by atoms with E-state index in [2.05, 4.69) is 0 Å². The minimum Gasteiger partial charge on any atom is -0.487 e. The molecule has 1 aliphatic heterocycles. The molecule has 1 heterocycles. The molecular weight excluding hydrogens is 190 g/mol. The van der Waals surface area contributed by atoms with Crippen LogP contribution in [0.5, 0.6) is 5.75 Å². The predicted octanol–water partition coefficient (Wildman–Crippen LogP) is 2.13. The van der Waals surface area contributed by atoms with Crippen LogP contribution in [0.4, 0.5) is 8.78 Å². The molecule has 1 aliphatic rings. The molecule has 0 spiro atoms. The smallest absolute Gasteiger partial charge is 0.200 e. The van der Waals surface area contributed by atoms with Gasteiger partial charge >= 0.3 is 0 Å². The number of rotatable bonds is 3. The number of hydrogen-bond donors (Lipinski definition) is 0. The average Bonchev–Trinajstić information content (AvgIpc) is 2.88. The second kappa shape index (κ2) is 3.20. The fraction of sp³-hybridized carbons (Fsp3) is 0.400. The van der Waals surface area contributed by atoms with Gasteiger partial charge in [0.05, 0.1) is 6.61 Å². The summed E-state index contributed by atoms with van der Waals surface area (Å²) in [6.07, 6.45) is 0. The van der Waals surface area contributed by atoms with E-state index in [4.69, 9.17) is 9.47 Å². The van der Waals surface area contributed by atoms with Gasteiger partial charge in [0.15, 0.2) is 11.6 Å². The molecule has 0 aliphatic carbocycles. The number of ether oxygens (including phenoxy) is 2. The van der Waals surface area contributed by atoms with Gasteiger partial charge in [-0.15, -0.1) is 0 Å². The highest BCUT2D eigenvalue weighted by Gasteiger charge is 2.40. The zero-order chi connectivity index (χ0) is 10.2. The third-order valence-corrected chi connectivity index (χ3v) is 2.09. The van der Waals surface area contributed by atoms with Gasteiger partial charge in [0.2, 0.25) is 5.82 Å². The molecule has 0 saturated carbocycles. The lowest BCUT2D eigenvalue weighted by Crippen LogP contribution is -2.17. The number of epoxide rings is 1. The van der Waals surface area contributed by atoms with Crippen molar-refractivity contribution in [3.05, 3.63) is 29.8 Å². The molecular formula is C10H10F2O2. The van der Waals surface area contributed by atoms with Gasteiger partial charge in [0.25, 0.3) is 0 Å². The maximum atomic E-state index is 13.1. The summed E-state index contributed by atoms with van der Waals surface area (Å²) in [5.74, 6) is -1.91. The van der Waals surface area contributed by atoms with Crippen molar-refractivity contribution in [2.24, 2.45) is 0 Å². The van der Waals surface area contributed by atoms with E-state index < -0.39 is 11.6 Å². The van der Waals surface area contributed by atoms with Crippen molar-refractivity contribution in [1.82, 2.24) is 0 Å². The normalized spacial score (nSPS) is 24.8. The summed E-state index contributed by atoms with van der Waals surface area (Å²) in [6, 6.07) is 3.85. The summed E-state index contributed by atoms with van der Waals surface area (Å²) < 4.78 is 35.9. The highest BCUT2D eigenvalue weighted by molar-refractivity contribution is 5.25. The molecule has 1 atom stereocenters. The van der Waals surface area contributed by atoms with Crippen LogP contribution in [0, 0.1) is 11.6 Å². The standard InChI is InChI=1S/C10H10F2O2/c1-10(6-14-10)5-13-8-4-2-3-7(11)9(8)12/h2-4H,5-6H2,1H3. The Morgan fingerprint density at radius 2 is 2.21 bits per heavy atom. The van der Waals surface area contributed by atoms with E-state index in [1.165, 1.54) is 12.1 Å². The van der Waals surface area contributed by atoms with E-state index >= 15 is 0 Å². The minimum atomic E-state index is -0.947. The molecule has 1 unspecified atom stereocenters. The Hall–Kier alpha value is -1.16. The van der Waals surface area contributed by atoms with Crippen molar-refractivity contribution in [3.63, 3.8) is 0 Å². The van der Waals surface area contributed by atoms with Gasteiger partial charge in [-0.1, -0.05) is 6.07 Å². The van der Waals surface area contributed by atoms with Crippen molar-refractivity contribution in [1.29, 1.82) is 0 Å². The van der Waals surface area contributed by atoms with E-state index in [0.717, 1.165) is 6.07 Å². The highest BCUT2D eigenvalue weighted by atomic mass is 19.2. The van der Waals surface area contributed by atoms with Crippen LogP contribution in [0.2, 0.25) is 0 Å². The fourth-order valence-corrected chi connectivity index (χ4v) is 1.03. The lowest BCUT2D eigenvalue weighted by Gasteiger charge is -2.09. The Labute approximate surface area is 80.4 Å². The highest BCUT2D eigenvalue weighted by Crippen LogP contribution is 2.28. The monoisotopic (exact) mass is 200 g/mol. The molecule has 0 N–H and O–H groups in total. The van der Waals surface area contributed by atoms with Crippen molar-refractivity contribution >= 4 is 0 Å². The van der Waals surface area contributed by atoms with Crippen LogP contribution in [0.15, 0.2) is 18.2 Å². The molecule has 1 aromatic rings. The summed E-state index contributed by atoms with van der Waals surface area (Å²) in [6.45, 7) is 2.70. The molecule has 14 heavy (non-hydrogen) atoms. The molecule has 1 saturated heterocycles. The topological polar surface area (TPSA) is 21.8 Å². The fourth-order valence-electron chi connectivity index (χ4n) is 1.03. The van der Waals surface area contributed by atoms with Crippen molar-refractivity contribution in [3.8, 4) is 5.75 Å². The molecule has 76 valence electrons. The van der Waals surface area contributed by atoms with Gasteiger partial charge < -0.3 is 9.47 Å². The Morgan fingerprint density at radius 3 is 2.86 bits per heavy atom. The summed E-state index contributed by atoms with van der Waals surface area (Å²) in [4.78, 5) is 0. The SMILES string of the molecule is CC1(COc2cccc(F)c2F)CO1. The summed E-state index contributed by atoms with van der Waals surface area (Å²) in [7, 11) is 0. The number of benzene rings is 1. The molecule has 0 amide bonds. The van der Waals surface area contributed by atoms with Gasteiger partial charge in [0.1, 0.15) is 12.2 Å². The van der Waals surface area contributed by atoms with Gasteiger partial charge in [0, 0.05) is 0 Å². The molecule has 0 aromatic heterocycles. The lowest BCUT2D eigenvalue weighted by molar-refractivity contribution is 0.195. The summed E-state index contributed by atoms with van der Waals surface area (Å²) in [5, 5.41) is 0. The van der Waals surface area contributed by atoms with Crippen LogP contribution in [-0.4, -0.2) is 18.8 Å². The van der Waals surface area contributed by atoms with Gasteiger partial charge in [-0.2, -0.15) is 4.39 Å². The third-order valence-electron chi connectivity index (χ3n) is 2.09. The molecule has 2 nitrogen and oxygen atoms in total. The number of halogens is 2. The quantitative estimate of drug-likeness (QED) is 0.697. The van der Waals surface area contributed by atoms with E-state index in [-0.39, 0.29) is 18.0 Å². The second-order valence-electron chi connectivity index (χ2n) is 3.58. The van der Waals surface area contributed by atoms with Crippen molar-refractivity contribution in [2.75, 3.05) is 13.2 Å². The van der Waals surface area contributed by atoms with E-state index in [9.17, 15) is 8.78 Å². The van der Waals surface area contributed by atoms with Crippen LogP contribution in [0.3, 0.4) is 0 Å². The Morgan fingerprint density at radius 1 is 1.50 bits per heavy atom. The maximum Gasteiger partial charge on any atom is 0.200 e. The average molecular weight is 200 g/mol. The van der Waals surface area contributed by atoms with Crippen molar-refractivity contribution < 1.29 is 18.3 Å². The molecule has 2 rings (SSSR count). The molecule has 0 radical (unpaired) electrons. The second-order valence-corrected chi connectivity index (χ2v) is 3.58. The molecule has 1 fully saturated rings. The first-order chi connectivity index (χ1) is 6.61. The van der Waals surface area contributed by atoms with Crippen LogP contribution in [-0.2, 0) is 4.74 Å². The van der Waals surface area contributed by atoms with Gasteiger partial charge in [-0.05, 0) is 19.1 Å². The first kappa shape index (κ1) is 9.40. The summed E-state index contributed by atoms with van der Waals surface area (Å²) in [5.41, 5.74) is -0.321. The van der Waals surface area contributed by atoms with E-state index in [1.807, 2.05) is 6.92 Å². The predicted molar refractivity (Wildman–Crippen MR) is 46.2 cm³/mol. The number of hydrogen-bond acceptors (Lipinski definition) is 2. The molecule has 0 bridgehead atoms. The first-order valence-electron chi connectivity index (χ1n) is 4.31. The minimum absolute atomic E-state index is 0.0678. The van der Waals surface area contributed by atoms with E-state index in [1.54, 1.807) is 0 Å². The van der Waals surface area contributed by atoms with Gasteiger partial charge in [-0.25, -0.2) is 4.39 Å². The Bertz CT molecular complexity index is 348. The van der Waals surface area contributed by atoms with Crippen LogP contribution in [0.25, 0.3) is 0 Å². The van der Waals surface area contributed by atoms with Crippen LogP contribution >= 0.6 is 0 Å². The van der Waals surface area contributed by atoms with E-state index in [0.29, 0.717) is 6.61 Å². The molecule has 1 aromatic carbocycles. The maximum absolute atomic E-state index is 13.1. The third kappa shape index (κ3) is 1.85. The van der Waals surface area contributed by atoms with Gasteiger partial charge in [-0.3, -0.25) is 0 Å².